The summed E-state index contributed by atoms with van der Waals surface area (Å²) in [5, 5.41) is 2.25. The van der Waals surface area contributed by atoms with E-state index in [0.29, 0.717) is 18.6 Å². The maximum Gasteiger partial charge on any atom is 0.275 e. The van der Waals surface area contributed by atoms with Gasteiger partial charge in [-0.1, -0.05) is 19.4 Å². The van der Waals surface area contributed by atoms with E-state index >= 15 is 0 Å². The number of nitrogens with zero attached hydrogens (tertiary/aromatic N) is 2. The number of nitrogens with one attached hydrogen (secondary N) is 1. The van der Waals surface area contributed by atoms with Gasteiger partial charge in [-0.25, -0.2) is 13.2 Å². The third kappa shape index (κ3) is 4.52. The number of allylic oxidation sites excluding steroid dienone is 1. The Morgan fingerprint density at radius 1 is 1.17 bits per heavy atom. The fourth-order valence-electron chi connectivity index (χ4n) is 4.20. The summed E-state index contributed by atoms with van der Waals surface area (Å²) in [5.74, 6) is -5.73. The number of hydrogen-bond donors (Lipinski definition) is 1. The minimum Gasteiger partial charge on any atom is -0.487 e. The predicted octanol–water partition coefficient (Wildman–Crippen LogP) is 2.90. The van der Waals surface area contributed by atoms with Gasteiger partial charge >= 0.3 is 0 Å². The van der Waals surface area contributed by atoms with Crippen LogP contribution in [0.2, 0.25) is 0 Å². The van der Waals surface area contributed by atoms with E-state index in [-0.39, 0.29) is 30.4 Å². The Morgan fingerprint density at radius 3 is 2.53 bits per heavy atom. The maximum atomic E-state index is 14.0. The first kappa shape index (κ1) is 25.2. The van der Waals surface area contributed by atoms with Gasteiger partial charge in [0.1, 0.15) is 29.1 Å². The van der Waals surface area contributed by atoms with Gasteiger partial charge in [0.25, 0.3) is 11.8 Å². The third-order valence-corrected chi connectivity index (χ3v) is 6.24. The summed E-state index contributed by atoms with van der Waals surface area (Å²) in [7, 11) is 0. The van der Waals surface area contributed by atoms with Crippen LogP contribution in [0.4, 0.5) is 13.2 Å². The summed E-state index contributed by atoms with van der Waals surface area (Å²) >= 11 is 0. The summed E-state index contributed by atoms with van der Waals surface area (Å²) in [4.78, 5) is 53.9. The molecule has 2 atom stereocenters. The molecule has 2 aromatic rings. The summed E-state index contributed by atoms with van der Waals surface area (Å²) in [5.41, 5.74) is -2.09. The molecule has 8 nitrogen and oxygen atoms in total. The second-order valence-corrected chi connectivity index (χ2v) is 8.66. The zero-order valence-electron chi connectivity index (χ0n) is 19.6. The highest BCUT2D eigenvalue weighted by atomic mass is 19.1. The molecule has 0 saturated heterocycles. The quantitative estimate of drug-likeness (QED) is 0.586. The molecule has 190 valence electrons. The molecule has 0 aliphatic carbocycles. The Kier molecular flexibility index (Phi) is 7.00. The number of unbranched alkanes of at least 4 members (excludes halogenated alkanes) is 1. The molecule has 3 heterocycles. The van der Waals surface area contributed by atoms with Gasteiger partial charge in [-0.15, -0.1) is 0 Å². The molecule has 36 heavy (non-hydrogen) atoms. The largest absolute Gasteiger partial charge is 0.487 e. The lowest BCUT2D eigenvalue weighted by molar-refractivity contribution is -0.118. The van der Waals surface area contributed by atoms with Gasteiger partial charge < -0.3 is 19.5 Å². The van der Waals surface area contributed by atoms with Crippen LogP contribution in [0, 0.1) is 17.5 Å². The fourth-order valence-corrected chi connectivity index (χ4v) is 4.20. The number of ketones is 1. The van der Waals surface area contributed by atoms with Crippen molar-refractivity contribution in [2.45, 2.75) is 45.3 Å². The molecule has 1 aromatic carbocycles. The minimum atomic E-state index is -1.20. The number of pyridine rings is 1. The van der Waals surface area contributed by atoms with Crippen molar-refractivity contribution in [2.75, 3.05) is 13.2 Å². The Morgan fingerprint density at radius 2 is 1.86 bits per heavy atom. The summed E-state index contributed by atoms with van der Waals surface area (Å²) < 4.78 is 48.1. The highest BCUT2D eigenvalue weighted by Gasteiger charge is 2.41. The number of fused-ring (bicyclic) bond motifs is 4. The van der Waals surface area contributed by atoms with Crippen LogP contribution in [0.1, 0.15) is 59.1 Å². The number of aromatic nitrogens is 1. The molecule has 11 heteroatoms. The SMILES string of the molecule is CCCCOc1c2n(cc(C(=O)NCc3c(F)cc(F)cc3F)c1=O)C1CN(C2=O)[C@@H](C)C=CC1=O. The van der Waals surface area contributed by atoms with Crippen LogP contribution in [0.5, 0.6) is 5.75 Å². The fraction of sp³-hybridized carbons (Fsp3) is 0.360. The van der Waals surface area contributed by atoms with E-state index in [1.54, 1.807) is 13.0 Å². The molecule has 1 N–H and O–H groups in total. The van der Waals surface area contributed by atoms with Crippen LogP contribution in [-0.4, -0.2) is 46.3 Å². The van der Waals surface area contributed by atoms with Crippen molar-refractivity contribution in [3.8, 4) is 5.75 Å². The second-order valence-electron chi connectivity index (χ2n) is 8.66. The standard InChI is InChI=1S/C25H24F3N3O5/c1-3-4-7-36-23-21-25(35)30-12-19(20(32)6-5-13(30)2)31(21)11-16(22(23)33)24(34)29-10-15-17(27)8-14(26)9-18(15)28/h5-6,8-9,11,13,19H,3-4,7,10,12H2,1-2H3,(H,29,34)/t13-,19?/m0/s1. The molecular weight excluding hydrogens is 479 g/mol. The first-order valence-corrected chi connectivity index (χ1v) is 11.5. The number of carbonyl (C=O) groups excluding carboxylic acids is 3. The first-order valence-electron chi connectivity index (χ1n) is 11.5. The number of hydrogen-bond acceptors (Lipinski definition) is 5. The van der Waals surface area contributed by atoms with E-state index in [1.807, 2.05) is 6.92 Å². The van der Waals surface area contributed by atoms with Crippen LogP contribution >= 0.6 is 0 Å². The number of rotatable bonds is 7. The van der Waals surface area contributed by atoms with E-state index < -0.39 is 64.5 Å². The molecule has 0 fully saturated rings. The van der Waals surface area contributed by atoms with Gasteiger partial charge in [0.2, 0.25) is 5.43 Å². The first-order chi connectivity index (χ1) is 17.1. The molecule has 2 amide bonds. The molecule has 0 radical (unpaired) electrons. The molecule has 1 unspecified atom stereocenters. The number of halogens is 3. The second kappa shape index (κ2) is 10.00. The summed E-state index contributed by atoms with van der Waals surface area (Å²) in [6.07, 6.45) is 5.34. The van der Waals surface area contributed by atoms with Crippen LogP contribution < -0.4 is 15.5 Å². The van der Waals surface area contributed by atoms with E-state index in [4.69, 9.17) is 4.74 Å². The average Bonchev–Trinajstić information content (AvgIpc) is 2.95. The van der Waals surface area contributed by atoms with Crippen molar-refractivity contribution < 1.29 is 32.3 Å². The van der Waals surface area contributed by atoms with Crippen molar-refractivity contribution in [3.05, 3.63) is 75.0 Å². The van der Waals surface area contributed by atoms with Gasteiger partial charge in [-0.3, -0.25) is 19.2 Å². The molecule has 2 aliphatic heterocycles. The third-order valence-electron chi connectivity index (χ3n) is 6.24. The van der Waals surface area contributed by atoms with Crippen molar-refractivity contribution in [1.82, 2.24) is 14.8 Å². The lowest BCUT2D eigenvalue weighted by atomic mass is 10.0. The van der Waals surface area contributed by atoms with Crippen molar-refractivity contribution in [2.24, 2.45) is 0 Å². The Balaban J connectivity index is 1.77. The number of benzene rings is 1. The Hall–Kier alpha value is -3.89. The molecule has 2 bridgehead atoms. The monoisotopic (exact) mass is 503 g/mol. The molecule has 2 aliphatic rings. The molecule has 0 spiro atoms. The van der Waals surface area contributed by atoms with E-state index in [0.717, 1.165) is 12.6 Å². The number of ether oxygens (including phenoxy) is 1. The van der Waals surface area contributed by atoms with Crippen LogP contribution in [0.15, 0.2) is 35.3 Å². The van der Waals surface area contributed by atoms with E-state index in [2.05, 4.69) is 5.32 Å². The van der Waals surface area contributed by atoms with Crippen molar-refractivity contribution in [1.29, 1.82) is 0 Å². The highest BCUT2D eigenvalue weighted by molar-refractivity contribution is 6.03. The average molecular weight is 503 g/mol. The topological polar surface area (TPSA) is 97.7 Å². The van der Waals surface area contributed by atoms with Gasteiger partial charge in [0.05, 0.1) is 6.61 Å². The predicted molar refractivity (Wildman–Crippen MR) is 122 cm³/mol. The van der Waals surface area contributed by atoms with Crippen molar-refractivity contribution >= 4 is 17.6 Å². The van der Waals surface area contributed by atoms with E-state index in [1.165, 1.54) is 15.5 Å². The molecular formula is C25H24F3N3O5. The summed E-state index contributed by atoms with van der Waals surface area (Å²) in [6, 6.07) is -0.350. The maximum absolute atomic E-state index is 14.0. The normalized spacial score (nSPS) is 18.6. The van der Waals surface area contributed by atoms with Crippen molar-refractivity contribution in [3.63, 3.8) is 0 Å². The van der Waals surface area contributed by atoms with Crippen LogP contribution in [-0.2, 0) is 11.3 Å². The van der Waals surface area contributed by atoms with Gasteiger partial charge in [-0.05, 0) is 19.4 Å². The minimum absolute atomic E-state index is 0.0309. The molecule has 0 saturated carbocycles. The van der Waals surface area contributed by atoms with Gasteiger partial charge in [0.15, 0.2) is 17.2 Å². The molecule has 1 aromatic heterocycles. The van der Waals surface area contributed by atoms with Crippen LogP contribution in [0.25, 0.3) is 0 Å². The highest BCUT2D eigenvalue weighted by Crippen LogP contribution is 2.31. The summed E-state index contributed by atoms with van der Waals surface area (Å²) in [6.45, 7) is 3.10. The van der Waals surface area contributed by atoms with Gasteiger partial charge in [-0.2, -0.15) is 0 Å². The van der Waals surface area contributed by atoms with E-state index in [9.17, 15) is 32.3 Å². The zero-order chi connectivity index (χ0) is 26.1. The Labute approximate surface area is 204 Å². The molecule has 4 rings (SSSR count). The number of amides is 2. The smallest absolute Gasteiger partial charge is 0.275 e. The zero-order valence-corrected chi connectivity index (χ0v) is 19.6. The lowest BCUT2D eigenvalue weighted by Gasteiger charge is -2.36. The Bertz CT molecular complexity index is 1310. The number of carbonyl (C=O) groups is 3. The lowest BCUT2D eigenvalue weighted by Crippen LogP contribution is -2.49. The van der Waals surface area contributed by atoms with Crippen LogP contribution in [0.3, 0.4) is 0 Å². The van der Waals surface area contributed by atoms with Gasteiger partial charge in [0, 0.05) is 43.0 Å².